The van der Waals surface area contributed by atoms with Gasteiger partial charge in [-0.15, -0.1) is 0 Å². The molecule has 1 N–H and O–H groups in total. The number of amides is 2. The molecule has 162 valence electrons. The Morgan fingerprint density at radius 3 is 2.20 bits per heavy atom. The fourth-order valence-corrected chi connectivity index (χ4v) is 3.25. The van der Waals surface area contributed by atoms with Crippen LogP contribution in [0.1, 0.15) is 48.6 Å². The first kappa shape index (κ1) is 23.5. The molecule has 30 heavy (non-hydrogen) atoms. The van der Waals surface area contributed by atoms with Crippen LogP contribution in [0.15, 0.2) is 36.4 Å². The average Bonchev–Trinajstić information content (AvgIpc) is 2.67. The van der Waals surface area contributed by atoms with E-state index in [1.54, 1.807) is 11.8 Å². The van der Waals surface area contributed by atoms with Gasteiger partial charge in [-0.2, -0.15) is 0 Å². The highest BCUT2D eigenvalue weighted by Gasteiger charge is 2.27. The molecular formula is C25H34N2O3. The highest BCUT2D eigenvalue weighted by molar-refractivity contribution is 5.88. The van der Waals surface area contributed by atoms with Crippen molar-refractivity contribution < 1.29 is 14.3 Å². The van der Waals surface area contributed by atoms with Crippen LogP contribution in [0, 0.1) is 27.7 Å². The molecular weight excluding hydrogens is 376 g/mol. The van der Waals surface area contributed by atoms with Gasteiger partial charge in [0, 0.05) is 12.6 Å². The van der Waals surface area contributed by atoms with Crippen molar-refractivity contribution in [3.05, 3.63) is 64.2 Å². The van der Waals surface area contributed by atoms with Gasteiger partial charge in [0.15, 0.2) is 6.61 Å². The highest BCUT2D eigenvalue weighted by Crippen LogP contribution is 2.23. The summed E-state index contributed by atoms with van der Waals surface area (Å²) in [5, 5.41) is 2.90. The number of carbonyl (C=O) groups is 2. The summed E-state index contributed by atoms with van der Waals surface area (Å²) in [6.45, 7) is 13.8. The molecule has 0 aliphatic rings. The van der Waals surface area contributed by atoms with Crippen LogP contribution in [0.25, 0.3) is 0 Å². The van der Waals surface area contributed by atoms with Gasteiger partial charge in [-0.25, -0.2) is 0 Å². The molecule has 0 aromatic heterocycles. The molecule has 5 heteroatoms. The van der Waals surface area contributed by atoms with Crippen LogP contribution in [0.4, 0.5) is 0 Å². The van der Waals surface area contributed by atoms with Crippen LogP contribution < -0.4 is 10.1 Å². The average molecular weight is 411 g/mol. The summed E-state index contributed by atoms with van der Waals surface area (Å²) < 4.78 is 5.89. The van der Waals surface area contributed by atoms with Gasteiger partial charge in [-0.1, -0.05) is 35.9 Å². The fourth-order valence-electron chi connectivity index (χ4n) is 3.25. The van der Waals surface area contributed by atoms with Gasteiger partial charge in [0.05, 0.1) is 0 Å². The molecule has 5 nitrogen and oxygen atoms in total. The van der Waals surface area contributed by atoms with Crippen molar-refractivity contribution in [1.82, 2.24) is 10.2 Å². The predicted molar refractivity (Wildman–Crippen MR) is 121 cm³/mol. The second-order valence-corrected chi connectivity index (χ2v) is 8.34. The Balaban J connectivity index is 2.20. The Labute approximate surface area is 180 Å². The lowest BCUT2D eigenvalue weighted by molar-refractivity contribution is -0.142. The second-order valence-electron chi connectivity index (χ2n) is 8.34. The molecule has 1 unspecified atom stereocenters. The number of hydrogen-bond donors (Lipinski definition) is 1. The van der Waals surface area contributed by atoms with Crippen LogP contribution >= 0.6 is 0 Å². The lowest BCUT2D eigenvalue weighted by Gasteiger charge is -2.29. The van der Waals surface area contributed by atoms with E-state index in [1.165, 1.54) is 0 Å². The van der Waals surface area contributed by atoms with E-state index in [2.05, 4.69) is 11.4 Å². The van der Waals surface area contributed by atoms with Gasteiger partial charge in [0.2, 0.25) is 5.91 Å². The number of benzene rings is 2. The topological polar surface area (TPSA) is 58.6 Å². The van der Waals surface area contributed by atoms with E-state index >= 15 is 0 Å². The summed E-state index contributed by atoms with van der Waals surface area (Å²) in [5.74, 6) is 0.309. The van der Waals surface area contributed by atoms with Gasteiger partial charge in [-0.3, -0.25) is 9.59 Å². The van der Waals surface area contributed by atoms with E-state index in [4.69, 9.17) is 4.74 Å². The quantitative estimate of drug-likeness (QED) is 0.708. The van der Waals surface area contributed by atoms with Gasteiger partial charge < -0.3 is 15.0 Å². The molecule has 2 aromatic carbocycles. The third kappa shape index (κ3) is 6.34. The van der Waals surface area contributed by atoms with Gasteiger partial charge in [0.25, 0.3) is 5.91 Å². The molecule has 0 heterocycles. The Kier molecular flexibility index (Phi) is 8.04. The third-order valence-corrected chi connectivity index (χ3v) is 5.19. The van der Waals surface area contributed by atoms with E-state index in [1.807, 2.05) is 71.9 Å². The van der Waals surface area contributed by atoms with Crippen LogP contribution in [0.2, 0.25) is 0 Å². The maximum Gasteiger partial charge on any atom is 0.261 e. The van der Waals surface area contributed by atoms with Crippen LogP contribution in [0.5, 0.6) is 5.75 Å². The number of ether oxygens (including phenoxy) is 1. The molecule has 0 aliphatic carbocycles. The zero-order valence-corrected chi connectivity index (χ0v) is 19.2. The van der Waals surface area contributed by atoms with Crippen molar-refractivity contribution in [2.75, 3.05) is 6.61 Å². The smallest absolute Gasteiger partial charge is 0.261 e. The first-order valence-corrected chi connectivity index (χ1v) is 10.4. The Bertz CT molecular complexity index is 888. The summed E-state index contributed by atoms with van der Waals surface area (Å²) in [6.07, 6.45) is 0. The lowest BCUT2D eigenvalue weighted by Crippen LogP contribution is -2.50. The van der Waals surface area contributed by atoms with Crippen LogP contribution in [-0.4, -0.2) is 35.4 Å². The Morgan fingerprint density at radius 2 is 1.60 bits per heavy atom. The number of nitrogens with one attached hydrogen (secondary N) is 1. The van der Waals surface area contributed by atoms with Crippen molar-refractivity contribution in [3.8, 4) is 5.75 Å². The predicted octanol–water partition coefficient (Wildman–Crippen LogP) is 4.24. The van der Waals surface area contributed by atoms with Crippen LogP contribution in [-0.2, 0) is 16.1 Å². The summed E-state index contributed by atoms with van der Waals surface area (Å²) >= 11 is 0. The van der Waals surface area contributed by atoms with E-state index in [0.717, 1.165) is 27.8 Å². The summed E-state index contributed by atoms with van der Waals surface area (Å²) in [4.78, 5) is 27.3. The van der Waals surface area contributed by atoms with Crippen LogP contribution in [0.3, 0.4) is 0 Å². The Hall–Kier alpha value is -2.82. The molecule has 0 aliphatic heterocycles. The van der Waals surface area contributed by atoms with E-state index in [9.17, 15) is 9.59 Å². The normalized spacial score (nSPS) is 11.9. The SMILES string of the molecule is Cc1ccc(CN(C(=O)COc2cc(C)cc(C)c2C)C(C)C(=O)NC(C)C)cc1. The first-order valence-electron chi connectivity index (χ1n) is 10.4. The fraction of sp³-hybridized carbons (Fsp3) is 0.440. The van der Waals surface area contributed by atoms with Crippen molar-refractivity contribution in [1.29, 1.82) is 0 Å². The first-order chi connectivity index (χ1) is 14.1. The largest absolute Gasteiger partial charge is 0.483 e. The zero-order valence-electron chi connectivity index (χ0n) is 19.2. The molecule has 2 aromatic rings. The number of aryl methyl sites for hydroxylation is 3. The molecule has 0 spiro atoms. The van der Waals surface area contributed by atoms with Gasteiger partial charge in [0.1, 0.15) is 11.8 Å². The van der Waals surface area contributed by atoms with Crippen molar-refractivity contribution in [3.63, 3.8) is 0 Å². The molecule has 0 bridgehead atoms. The number of hydrogen-bond acceptors (Lipinski definition) is 3. The van der Waals surface area contributed by atoms with E-state index in [-0.39, 0.29) is 24.5 Å². The number of nitrogens with zero attached hydrogens (tertiary/aromatic N) is 1. The molecule has 0 radical (unpaired) electrons. The van der Waals surface area contributed by atoms with E-state index in [0.29, 0.717) is 12.3 Å². The zero-order chi connectivity index (χ0) is 22.4. The van der Waals surface area contributed by atoms with Gasteiger partial charge in [-0.05, 0) is 76.8 Å². The minimum Gasteiger partial charge on any atom is -0.483 e. The van der Waals surface area contributed by atoms with E-state index < -0.39 is 6.04 Å². The molecule has 1 atom stereocenters. The molecule has 2 amide bonds. The Morgan fingerprint density at radius 1 is 0.967 bits per heavy atom. The highest BCUT2D eigenvalue weighted by atomic mass is 16.5. The summed E-state index contributed by atoms with van der Waals surface area (Å²) in [7, 11) is 0. The minimum atomic E-state index is -0.606. The summed E-state index contributed by atoms with van der Waals surface area (Å²) in [6, 6.07) is 11.4. The minimum absolute atomic E-state index is 0.00504. The van der Waals surface area contributed by atoms with Crippen molar-refractivity contribution in [2.24, 2.45) is 0 Å². The molecule has 0 fully saturated rings. The van der Waals surface area contributed by atoms with Gasteiger partial charge >= 0.3 is 0 Å². The number of rotatable bonds is 8. The molecule has 2 rings (SSSR count). The van der Waals surface area contributed by atoms with Crippen molar-refractivity contribution in [2.45, 2.75) is 67.1 Å². The lowest BCUT2D eigenvalue weighted by atomic mass is 10.1. The number of carbonyl (C=O) groups excluding carboxylic acids is 2. The maximum atomic E-state index is 13.1. The van der Waals surface area contributed by atoms with Crippen molar-refractivity contribution >= 4 is 11.8 Å². The molecule has 0 saturated carbocycles. The standard InChI is InChI=1S/C25H34N2O3/c1-16(2)26-25(29)21(7)27(14-22-10-8-17(3)9-11-22)24(28)15-30-23-13-18(4)12-19(5)20(23)6/h8-13,16,21H,14-15H2,1-7H3,(H,26,29). The monoisotopic (exact) mass is 410 g/mol. The summed E-state index contributed by atoms with van der Waals surface area (Å²) in [5.41, 5.74) is 5.35. The third-order valence-electron chi connectivity index (χ3n) is 5.19. The second kappa shape index (κ2) is 10.3. The molecule has 0 saturated heterocycles. The maximum absolute atomic E-state index is 13.1.